The molecule has 1 amide bonds. The highest BCUT2D eigenvalue weighted by Gasteiger charge is 2.41. The second-order valence-corrected chi connectivity index (χ2v) is 13.6. The molecule has 1 aromatic carbocycles. The van der Waals surface area contributed by atoms with E-state index in [2.05, 4.69) is 4.98 Å². The first kappa shape index (κ1) is 31.7. The molecule has 5 heterocycles. The van der Waals surface area contributed by atoms with Crippen molar-refractivity contribution in [2.75, 3.05) is 7.11 Å². The molecule has 3 aromatic heterocycles. The minimum Gasteiger partial charge on any atom is -0.496 e. The number of aliphatic carboxylic acids is 1. The Kier molecular flexibility index (Phi) is 8.40. The molecular formula is C33H38N4O8S. The van der Waals surface area contributed by atoms with Crippen molar-refractivity contribution >= 4 is 33.4 Å². The largest absolute Gasteiger partial charge is 0.496 e. The SMILES string of the molecule is COc1ccccc1C(Cn1c(=O)n(C(C)(C)C(=O)O)c(=O)c2c(C)c(-c3ncco3)sc21)OC1CC2CCCC(C1)N2C(C)=O. The topological polar surface area (TPSA) is 146 Å². The second-order valence-electron chi connectivity index (χ2n) is 12.6. The zero-order chi connectivity index (χ0) is 32.9. The van der Waals surface area contributed by atoms with Gasteiger partial charge < -0.3 is 23.9 Å². The van der Waals surface area contributed by atoms with Crippen LogP contribution in [0.4, 0.5) is 0 Å². The average molecular weight is 651 g/mol. The molecule has 3 atom stereocenters. The number of aromatic nitrogens is 3. The van der Waals surface area contributed by atoms with E-state index in [1.165, 1.54) is 42.2 Å². The summed E-state index contributed by atoms with van der Waals surface area (Å²) in [4.78, 5) is 60.4. The van der Waals surface area contributed by atoms with Gasteiger partial charge >= 0.3 is 11.7 Å². The number of carboxylic acids is 1. The number of piperidine rings is 2. The Balaban J connectivity index is 1.52. The average Bonchev–Trinajstić information content (AvgIpc) is 3.66. The molecule has 0 saturated carbocycles. The molecule has 1 N–H and O–H groups in total. The van der Waals surface area contributed by atoms with Crippen LogP contribution in [0, 0.1) is 6.92 Å². The van der Waals surface area contributed by atoms with E-state index in [-0.39, 0.29) is 36.0 Å². The zero-order valence-corrected chi connectivity index (χ0v) is 27.3. The molecule has 6 rings (SSSR count). The normalized spacial score (nSPS) is 20.5. The lowest BCUT2D eigenvalue weighted by Crippen LogP contribution is -2.56. The summed E-state index contributed by atoms with van der Waals surface area (Å²) in [5, 5.41) is 10.3. The molecular weight excluding hydrogens is 612 g/mol. The summed E-state index contributed by atoms with van der Waals surface area (Å²) < 4.78 is 20.4. The van der Waals surface area contributed by atoms with Crippen molar-refractivity contribution in [3.05, 3.63) is 68.7 Å². The maximum absolute atomic E-state index is 14.4. The molecule has 46 heavy (non-hydrogen) atoms. The summed E-state index contributed by atoms with van der Waals surface area (Å²) in [6, 6.07) is 7.56. The van der Waals surface area contributed by atoms with Crippen LogP contribution in [0.15, 0.2) is 50.7 Å². The predicted octanol–water partition coefficient (Wildman–Crippen LogP) is 4.71. The first-order valence-corrected chi connectivity index (χ1v) is 16.3. The molecule has 4 aromatic rings. The van der Waals surface area contributed by atoms with Crippen LogP contribution in [0.25, 0.3) is 21.0 Å². The van der Waals surface area contributed by atoms with Crippen molar-refractivity contribution in [1.29, 1.82) is 0 Å². The van der Waals surface area contributed by atoms with E-state index >= 15 is 0 Å². The summed E-state index contributed by atoms with van der Waals surface area (Å²) in [6.07, 6.45) is 6.19. The first-order chi connectivity index (χ1) is 21.9. The lowest BCUT2D eigenvalue weighted by atomic mass is 9.82. The van der Waals surface area contributed by atoms with Gasteiger partial charge in [0, 0.05) is 24.6 Å². The van der Waals surface area contributed by atoms with Gasteiger partial charge in [0.2, 0.25) is 11.8 Å². The van der Waals surface area contributed by atoms with Crippen LogP contribution in [0.1, 0.15) is 70.1 Å². The van der Waals surface area contributed by atoms with Crippen molar-refractivity contribution in [1.82, 2.24) is 19.0 Å². The van der Waals surface area contributed by atoms with Crippen molar-refractivity contribution in [2.24, 2.45) is 0 Å². The number of benzene rings is 1. The van der Waals surface area contributed by atoms with Crippen LogP contribution < -0.4 is 16.0 Å². The number of aryl methyl sites for hydroxylation is 1. The number of para-hydroxylation sites is 1. The number of carboxylic acid groups (broad SMARTS) is 1. The van der Waals surface area contributed by atoms with Crippen LogP contribution in [0.3, 0.4) is 0 Å². The Morgan fingerprint density at radius 3 is 2.48 bits per heavy atom. The Morgan fingerprint density at radius 1 is 1.17 bits per heavy atom. The maximum Gasteiger partial charge on any atom is 0.333 e. The van der Waals surface area contributed by atoms with E-state index in [1.807, 2.05) is 29.2 Å². The van der Waals surface area contributed by atoms with Gasteiger partial charge in [-0.3, -0.25) is 14.2 Å². The van der Waals surface area contributed by atoms with Crippen LogP contribution >= 0.6 is 11.3 Å². The third-order valence-electron chi connectivity index (χ3n) is 9.41. The summed E-state index contributed by atoms with van der Waals surface area (Å²) in [5.41, 5.74) is -2.07. The van der Waals surface area contributed by atoms with Gasteiger partial charge in [0.05, 0.1) is 36.2 Å². The molecule has 3 unspecified atom stereocenters. The minimum absolute atomic E-state index is 0.0289. The van der Waals surface area contributed by atoms with E-state index in [1.54, 1.807) is 21.0 Å². The number of nitrogens with zero attached hydrogens (tertiary/aromatic N) is 4. The molecule has 2 aliphatic rings. The Bertz CT molecular complexity index is 1890. The van der Waals surface area contributed by atoms with Gasteiger partial charge in [0.1, 0.15) is 28.5 Å². The number of fused-ring (bicyclic) bond motifs is 3. The molecule has 2 bridgehead atoms. The number of hydrogen-bond acceptors (Lipinski definition) is 9. The van der Waals surface area contributed by atoms with Crippen molar-refractivity contribution in [3.63, 3.8) is 0 Å². The van der Waals surface area contributed by atoms with Crippen LogP contribution in [0.2, 0.25) is 0 Å². The molecule has 0 radical (unpaired) electrons. The highest BCUT2D eigenvalue weighted by Crippen LogP contribution is 2.40. The standard InChI is InChI=1S/C33H38N4O8S/c1-18-26-29(39)37(33(3,4)31(40)41)32(42)35(30(26)46-27(18)28-34-13-14-44-28)17-25(23-11-6-7-12-24(23)43-5)45-22-15-20-9-8-10-21(16-22)36(20)19(2)38/h6-7,11-14,20-22,25H,8-10,15-17H2,1-5H3,(H,40,41). The van der Waals surface area contributed by atoms with Crippen molar-refractivity contribution < 1.29 is 28.6 Å². The van der Waals surface area contributed by atoms with Gasteiger partial charge in [0.15, 0.2) is 0 Å². The number of thiophene rings is 1. The highest BCUT2D eigenvalue weighted by molar-refractivity contribution is 7.22. The van der Waals surface area contributed by atoms with E-state index in [0.717, 1.165) is 23.8 Å². The molecule has 0 spiro atoms. The Morgan fingerprint density at radius 2 is 1.87 bits per heavy atom. The first-order valence-electron chi connectivity index (χ1n) is 15.4. The van der Waals surface area contributed by atoms with Gasteiger partial charge in [-0.1, -0.05) is 18.2 Å². The number of ether oxygens (including phenoxy) is 2. The highest BCUT2D eigenvalue weighted by atomic mass is 32.1. The van der Waals surface area contributed by atoms with Gasteiger partial charge in [-0.25, -0.2) is 19.1 Å². The fraction of sp³-hybridized carbons (Fsp3) is 0.485. The molecule has 2 saturated heterocycles. The third-order valence-corrected chi connectivity index (χ3v) is 10.7. The monoisotopic (exact) mass is 650 g/mol. The van der Waals surface area contributed by atoms with E-state index < -0.39 is 28.9 Å². The molecule has 2 fully saturated rings. The third kappa shape index (κ3) is 5.34. The van der Waals surface area contributed by atoms with Gasteiger partial charge in [-0.15, -0.1) is 11.3 Å². The van der Waals surface area contributed by atoms with E-state index in [4.69, 9.17) is 13.9 Å². The second kappa shape index (κ2) is 12.2. The quantitative estimate of drug-likeness (QED) is 0.272. The number of amides is 1. The number of methoxy groups -OCH3 is 1. The van der Waals surface area contributed by atoms with Crippen molar-refractivity contribution in [3.8, 4) is 16.5 Å². The molecule has 0 aliphatic carbocycles. The summed E-state index contributed by atoms with van der Waals surface area (Å²) >= 11 is 1.19. The lowest BCUT2D eigenvalue weighted by molar-refractivity contribution is -0.147. The maximum atomic E-state index is 14.4. The number of oxazole rings is 1. The van der Waals surface area contributed by atoms with Crippen LogP contribution in [0.5, 0.6) is 5.75 Å². The zero-order valence-electron chi connectivity index (χ0n) is 26.5. The summed E-state index contributed by atoms with van der Waals surface area (Å²) in [5.74, 6) is -0.385. The van der Waals surface area contributed by atoms with Gasteiger partial charge in [-0.2, -0.15) is 0 Å². The number of rotatable bonds is 9. The number of carbonyl (C=O) groups excluding carboxylic acids is 1. The number of hydrogen-bond donors (Lipinski definition) is 1. The number of carbonyl (C=O) groups is 2. The molecule has 2 aliphatic heterocycles. The van der Waals surface area contributed by atoms with Gasteiger partial charge in [-0.05, 0) is 64.5 Å². The summed E-state index contributed by atoms with van der Waals surface area (Å²) in [6.45, 7) is 5.99. The fourth-order valence-electron chi connectivity index (χ4n) is 7.14. The predicted molar refractivity (Wildman–Crippen MR) is 171 cm³/mol. The van der Waals surface area contributed by atoms with Crippen LogP contribution in [-0.2, 0) is 26.4 Å². The summed E-state index contributed by atoms with van der Waals surface area (Å²) in [7, 11) is 1.57. The molecule has 244 valence electrons. The van der Waals surface area contributed by atoms with Crippen molar-refractivity contribution in [2.45, 2.75) is 96.2 Å². The smallest absolute Gasteiger partial charge is 0.333 e. The fourth-order valence-corrected chi connectivity index (χ4v) is 8.38. The molecule has 12 nitrogen and oxygen atoms in total. The Labute approximate surface area is 269 Å². The molecule has 13 heteroatoms. The van der Waals surface area contributed by atoms with Crippen LogP contribution in [-0.4, -0.2) is 61.3 Å². The lowest BCUT2D eigenvalue weighted by Gasteiger charge is -2.49. The van der Waals surface area contributed by atoms with E-state index in [9.17, 15) is 24.3 Å². The minimum atomic E-state index is -1.85. The van der Waals surface area contributed by atoms with E-state index in [0.29, 0.717) is 45.3 Å². The van der Waals surface area contributed by atoms with Gasteiger partial charge in [0.25, 0.3) is 5.56 Å². The Hall–Kier alpha value is -4.23.